The summed E-state index contributed by atoms with van der Waals surface area (Å²) in [5, 5.41) is 9.78. The lowest BCUT2D eigenvalue weighted by molar-refractivity contribution is 0.123. The fourth-order valence-electron chi connectivity index (χ4n) is 2.96. The number of nitrogens with zero attached hydrogens (tertiary/aromatic N) is 1. The average Bonchev–Trinajstić information content (AvgIpc) is 2.69. The number of nitrogens with two attached hydrogens (primary N) is 1. The van der Waals surface area contributed by atoms with Gasteiger partial charge < -0.3 is 15.7 Å². The lowest BCUT2D eigenvalue weighted by Crippen LogP contribution is -2.33. The molecule has 4 atom stereocenters. The normalized spacial score (nSPS) is 37.9. The highest BCUT2D eigenvalue weighted by Crippen LogP contribution is 2.38. The van der Waals surface area contributed by atoms with Gasteiger partial charge >= 0.3 is 0 Å². The van der Waals surface area contributed by atoms with Gasteiger partial charge in [-0.2, -0.15) is 0 Å². The molecule has 2 fully saturated rings. The zero-order valence-corrected chi connectivity index (χ0v) is 10.0. The molecule has 2 rings (SSSR count). The smallest absolute Gasteiger partial charge is 0.0768 e. The maximum absolute atomic E-state index is 9.78. The number of hydrogen-bond donors (Lipinski definition) is 2. The predicted octanol–water partition coefficient (Wildman–Crippen LogP) is 0.611. The fraction of sp³-hybridized carbons (Fsp3) is 0.909. The second-order valence-electron chi connectivity index (χ2n) is 5.09. The molecule has 0 aromatic rings. The molecule has 15 heavy (non-hydrogen) atoms. The Morgan fingerprint density at radius 2 is 2.27 bits per heavy atom. The molecule has 2 aliphatic rings. The third-order valence-electron chi connectivity index (χ3n) is 3.91. The first-order chi connectivity index (χ1) is 7.08. The van der Waals surface area contributed by atoms with Gasteiger partial charge in [0.25, 0.3) is 0 Å². The van der Waals surface area contributed by atoms with Crippen LogP contribution in [0.5, 0.6) is 0 Å². The fourth-order valence-corrected chi connectivity index (χ4v) is 3.03. The minimum absolute atomic E-state index is 0.0693. The van der Waals surface area contributed by atoms with Crippen LogP contribution in [0.25, 0.3) is 0 Å². The second-order valence-corrected chi connectivity index (χ2v) is 5.56. The molecule has 1 aliphatic heterocycles. The monoisotopic (exact) mass is 228 g/mol. The van der Waals surface area contributed by atoms with Crippen LogP contribution in [0, 0.1) is 17.8 Å². The summed E-state index contributed by atoms with van der Waals surface area (Å²) in [6.45, 7) is 5.18. The Hall–Kier alpha value is -0.190. The molecule has 0 aromatic heterocycles. The summed E-state index contributed by atoms with van der Waals surface area (Å²) < 4.78 is 0. The van der Waals surface area contributed by atoms with Crippen molar-refractivity contribution < 1.29 is 5.11 Å². The minimum atomic E-state index is -0.0693. The zero-order chi connectivity index (χ0) is 11.0. The van der Waals surface area contributed by atoms with E-state index in [-0.39, 0.29) is 12.0 Å². The van der Waals surface area contributed by atoms with Crippen molar-refractivity contribution in [2.75, 3.05) is 19.6 Å². The van der Waals surface area contributed by atoms with Crippen molar-refractivity contribution >= 4 is 17.2 Å². The SMILES string of the molecule is CC(CN1CC2CCC(O)C2C1)C(N)=S. The molecule has 1 aliphatic carbocycles. The molecule has 1 saturated heterocycles. The Bertz CT molecular complexity index is 259. The maximum Gasteiger partial charge on any atom is 0.0768 e. The van der Waals surface area contributed by atoms with Gasteiger partial charge in [0.15, 0.2) is 0 Å². The molecule has 4 unspecified atom stereocenters. The van der Waals surface area contributed by atoms with Crippen molar-refractivity contribution in [3.05, 3.63) is 0 Å². The van der Waals surface area contributed by atoms with Crippen molar-refractivity contribution in [3.8, 4) is 0 Å². The van der Waals surface area contributed by atoms with Crippen molar-refractivity contribution in [2.45, 2.75) is 25.9 Å². The largest absolute Gasteiger partial charge is 0.393 e. The van der Waals surface area contributed by atoms with E-state index in [1.165, 1.54) is 6.42 Å². The van der Waals surface area contributed by atoms with Gasteiger partial charge in [-0.15, -0.1) is 0 Å². The quantitative estimate of drug-likeness (QED) is 0.695. The van der Waals surface area contributed by atoms with Crippen molar-refractivity contribution in [1.29, 1.82) is 0 Å². The third kappa shape index (κ3) is 2.32. The summed E-state index contributed by atoms with van der Waals surface area (Å²) in [5.41, 5.74) is 5.61. The summed E-state index contributed by atoms with van der Waals surface area (Å²) in [4.78, 5) is 3.01. The molecule has 0 bridgehead atoms. The number of aliphatic hydroxyl groups is 1. The maximum atomic E-state index is 9.78. The Morgan fingerprint density at radius 3 is 2.87 bits per heavy atom. The molecule has 3 nitrogen and oxygen atoms in total. The van der Waals surface area contributed by atoms with Crippen LogP contribution in [0.3, 0.4) is 0 Å². The van der Waals surface area contributed by atoms with E-state index in [0.717, 1.165) is 26.1 Å². The van der Waals surface area contributed by atoms with E-state index in [9.17, 15) is 5.11 Å². The Morgan fingerprint density at radius 1 is 1.53 bits per heavy atom. The van der Waals surface area contributed by atoms with Crippen molar-refractivity contribution in [2.24, 2.45) is 23.5 Å². The van der Waals surface area contributed by atoms with Crippen molar-refractivity contribution in [1.82, 2.24) is 4.90 Å². The van der Waals surface area contributed by atoms with E-state index in [4.69, 9.17) is 18.0 Å². The highest BCUT2D eigenvalue weighted by molar-refractivity contribution is 7.80. The Labute approximate surface area is 96.6 Å². The van der Waals surface area contributed by atoms with Gasteiger partial charge in [-0.05, 0) is 18.8 Å². The van der Waals surface area contributed by atoms with Crippen LogP contribution in [-0.2, 0) is 0 Å². The van der Waals surface area contributed by atoms with Gasteiger partial charge in [0.2, 0.25) is 0 Å². The van der Waals surface area contributed by atoms with E-state index in [1.807, 2.05) is 0 Å². The van der Waals surface area contributed by atoms with Crippen LogP contribution in [-0.4, -0.2) is 40.7 Å². The van der Waals surface area contributed by atoms with Gasteiger partial charge in [-0.3, -0.25) is 0 Å². The first-order valence-electron chi connectivity index (χ1n) is 5.77. The molecule has 1 heterocycles. The molecule has 1 saturated carbocycles. The standard InChI is InChI=1S/C11H20N2OS/c1-7(11(12)15)4-13-5-8-2-3-10(14)9(8)6-13/h7-10,14H,2-6H2,1H3,(H2,12,15). The summed E-state index contributed by atoms with van der Waals surface area (Å²) in [6.07, 6.45) is 2.11. The number of fused-ring (bicyclic) bond motifs is 1. The topological polar surface area (TPSA) is 49.5 Å². The second kappa shape index (κ2) is 4.36. The summed E-state index contributed by atoms with van der Waals surface area (Å²) in [5.74, 6) is 1.50. The molecular formula is C11H20N2OS. The van der Waals surface area contributed by atoms with E-state index in [0.29, 0.717) is 16.8 Å². The summed E-state index contributed by atoms with van der Waals surface area (Å²) in [7, 11) is 0. The van der Waals surface area contributed by atoms with Gasteiger partial charge in [-0.1, -0.05) is 19.1 Å². The van der Waals surface area contributed by atoms with Crippen LogP contribution < -0.4 is 5.73 Å². The highest BCUT2D eigenvalue weighted by Gasteiger charge is 2.41. The third-order valence-corrected chi connectivity index (χ3v) is 4.31. The highest BCUT2D eigenvalue weighted by atomic mass is 32.1. The first kappa shape index (κ1) is 11.3. The van der Waals surface area contributed by atoms with E-state index >= 15 is 0 Å². The van der Waals surface area contributed by atoms with Gasteiger partial charge in [0.1, 0.15) is 0 Å². The molecule has 0 radical (unpaired) electrons. The molecule has 0 amide bonds. The summed E-state index contributed by atoms with van der Waals surface area (Å²) >= 11 is 4.98. The molecule has 86 valence electrons. The Balaban J connectivity index is 1.86. The molecule has 3 N–H and O–H groups in total. The number of likely N-dealkylation sites (tertiary alicyclic amines) is 1. The van der Waals surface area contributed by atoms with Crippen LogP contribution in [0.1, 0.15) is 19.8 Å². The van der Waals surface area contributed by atoms with E-state index < -0.39 is 0 Å². The van der Waals surface area contributed by atoms with Crippen LogP contribution in [0.2, 0.25) is 0 Å². The Kier molecular flexibility index (Phi) is 3.28. The zero-order valence-electron chi connectivity index (χ0n) is 9.22. The number of hydrogen-bond acceptors (Lipinski definition) is 3. The lowest BCUT2D eigenvalue weighted by Gasteiger charge is -2.21. The number of rotatable bonds is 3. The lowest BCUT2D eigenvalue weighted by atomic mass is 10.00. The average molecular weight is 228 g/mol. The van der Waals surface area contributed by atoms with Gasteiger partial charge in [0, 0.05) is 31.5 Å². The minimum Gasteiger partial charge on any atom is -0.393 e. The van der Waals surface area contributed by atoms with Gasteiger partial charge in [-0.25, -0.2) is 0 Å². The van der Waals surface area contributed by atoms with Crippen LogP contribution >= 0.6 is 12.2 Å². The first-order valence-corrected chi connectivity index (χ1v) is 6.18. The summed E-state index contributed by atoms with van der Waals surface area (Å²) in [6, 6.07) is 0. The van der Waals surface area contributed by atoms with Crippen LogP contribution in [0.15, 0.2) is 0 Å². The van der Waals surface area contributed by atoms with Gasteiger partial charge in [0.05, 0.1) is 11.1 Å². The number of aliphatic hydroxyl groups excluding tert-OH is 1. The number of thiocarbonyl (C=S) groups is 1. The van der Waals surface area contributed by atoms with Crippen LogP contribution in [0.4, 0.5) is 0 Å². The molecule has 0 spiro atoms. The molecule has 0 aromatic carbocycles. The molecular weight excluding hydrogens is 208 g/mol. The van der Waals surface area contributed by atoms with E-state index in [2.05, 4.69) is 11.8 Å². The van der Waals surface area contributed by atoms with E-state index in [1.54, 1.807) is 0 Å². The predicted molar refractivity (Wildman–Crippen MR) is 64.6 cm³/mol. The molecule has 4 heteroatoms. The van der Waals surface area contributed by atoms with Crippen molar-refractivity contribution in [3.63, 3.8) is 0 Å².